The average molecular weight is 226 g/mol. The predicted molar refractivity (Wildman–Crippen MR) is 64.2 cm³/mol. The summed E-state index contributed by atoms with van der Waals surface area (Å²) in [6.45, 7) is 2.77. The summed E-state index contributed by atoms with van der Waals surface area (Å²) >= 11 is 1.69. The SMILES string of the molecule is CNCCC(=O)NC(C)Cc1ccsc1. The minimum absolute atomic E-state index is 0.118. The van der Waals surface area contributed by atoms with E-state index in [9.17, 15) is 4.79 Å². The highest BCUT2D eigenvalue weighted by molar-refractivity contribution is 7.07. The quantitative estimate of drug-likeness (QED) is 0.770. The van der Waals surface area contributed by atoms with Crippen molar-refractivity contribution in [1.29, 1.82) is 0 Å². The van der Waals surface area contributed by atoms with Crippen molar-refractivity contribution in [3.8, 4) is 0 Å². The van der Waals surface area contributed by atoms with Gasteiger partial charge in [0.2, 0.25) is 5.91 Å². The maximum absolute atomic E-state index is 11.4. The van der Waals surface area contributed by atoms with Gasteiger partial charge in [0.05, 0.1) is 0 Å². The highest BCUT2D eigenvalue weighted by Crippen LogP contribution is 2.08. The molecule has 1 aromatic heterocycles. The van der Waals surface area contributed by atoms with Gasteiger partial charge in [-0.25, -0.2) is 0 Å². The topological polar surface area (TPSA) is 41.1 Å². The van der Waals surface area contributed by atoms with Gasteiger partial charge in [0, 0.05) is 19.0 Å². The van der Waals surface area contributed by atoms with Gasteiger partial charge >= 0.3 is 0 Å². The Morgan fingerprint density at radius 1 is 1.60 bits per heavy atom. The first-order valence-corrected chi connectivity index (χ1v) is 6.11. The number of amides is 1. The molecule has 0 bridgehead atoms. The van der Waals surface area contributed by atoms with Crippen molar-refractivity contribution < 1.29 is 4.79 Å². The standard InChI is InChI=1S/C11H18N2OS/c1-9(7-10-4-6-15-8-10)13-11(14)3-5-12-2/h4,6,8-9,12H,3,5,7H2,1-2H3,(H,13,14). The lowest BCUT2D eigenvalue weighted by Gasteiger charge is -2.12. The molecule has 0 fully saturated rings. The number of rotatable bonds is 6. The third-order valence-corrected chi connectivity index (χ3v) is 2.86. The molecule has 1 heterocycles. The Kier molecular flexibility index (Phi) is 5.36. The molecule has 1 atom stereocenters. The van der Waals surface area contributed by atoms with E-state index in [1.807, 2.05) is 14.0 Å². The Bertz CT molecular complexity index is 285. The minimum atomic E-state index is 0.118. The summed E-state index contributed by atoms with van der Waals surface area (Å²) in [6.07, 6.45) is 1.46. The van der Waals surface area contributed by atoms with E-state index in [4.69, 9.17) is 0 Å². The Morgan fingerprint density at radius 2 is 2.40 bits per heavy atom. The van der Waals surface area contributed by atoms with Crippen molar-refractivity contribution >= 4 is 17.2 Å². The molecule has 0 saturated carbocycles. The van der Waals surface area contributed by atoms with Crippen LogP contribution < -0.4 is 10.6 Å². The molecule has 1 unspecified atom stereocenters. The van der Waals surface area contributed by atoms with E-state index in [1.165, 1.54) is 5.56 Å². The zero-order chi connectivity index (χ0) is 11.1. The van der Waals surface area contributed by atoms with E-state index in [0.29, 0.717) is 6.42 Å². The summed E-state index contributed by atoms with van der Waals surface area (Å²) in [5.41, 5.74) is 1.29. The first-order valence-electron chi connectivity index (χ1n) is 5.17. The molecule has 0 radical (unpaired) electrons. The van der Waals surface area contributed by atoms with Gasteiger partial charge in [-0.05, 0) is 42.8 Å². The molecule has 0 saturated heterocycles. The smallest absolute Gasteiger partial charge is 0.221 e. The van der Waals surface area contributed by atoms with Crippen molar-refractivity contribution in [2.75, 3.05) is 13.6 Å². The Labute approximate surface area is 94.9 Å². The molecule has 3 nitrogen and oxygen atoms in total. The predicted octanol–water partition coefficient (Wildman–Crippen LogP) is 1.40. The summed E-state index contributed by atoms with van der Waals surface area (Å²) in [6, 6.07) is 2.31. The van der Waals surface area contributed by atoms with Crippen LogP contribution in [0.2, 0.25) is 0 Å². The van der Waals surface area contributed by atoms with Gasteiger partial charge in [-0.3, -0.25) is 4.79 Å². The fourth-order valence-electron chi connectivity index (χ4n) is 1.40. The van der Waals surface area contributed by atoms with Crippen LogP contribution in [0.5, 0.6) is 0 Å². The molecule has 0 aromatic carbocycles. The Hall–Kier alpha value is -0.870. The molecule has 84 valence electrons. The van der Waals surface area contributed by atoms with Crippen LogP contribution in [-0.4, -0.2) is 25.5 Å². The van der Waals surface area contributed by atoms with E-state index in [1.54, 1.807) is 11.3 Å². The van der Waals surface area contributed by atoms with Gasteiger partial charge in [0.25, 0.3) is 0 Å². The molecular weight excluding hydrogens is 208 g/mol. The third-order valence-electron chi connectivity index (χ3n) is 2.13. The average Bonchev–Trinajstić information content (AvgIpc) is 2.67. The first-order chi connectivity index (χ1) is 7.22. The van der Waals surface area contributed by atoms with Gasteiger partial charge in [-0.15, -0.1) is 0 Å². The summed E-state index contributed by atoms with van der Waals surface area (Å²) < 4.78 is 0. The molecule has 2 N–H and O–H groups in total. The van der Waals surface area contributed by atoms with Crippen molar-refractivity contribution in [2.24, 2.45) is 0 Å². The number of nitrogens with one attached hydrogen (secondary N) is 2. The Morgan fingerprint density at radius 3 is 3.00 bits per heavy atom. The number of thiophene rings is 1. The largest absolute Gasteiger partial charge is 0.353 e. The first kappa shape index (κ1) is 12.2. The van der Waals surface area contributed by atoms with Crippen LogP contribution in [0.25, 0.3) is 0 Å². The monoisotopic (exact) mass is 226 g/mol. The number of hydrogen-bond donors (Lipinski definition) is 2. The van der Waals surface area contributed by atoms with Crippen LogP contribution in [0.3, 0.4) is 0 Å². The van der Waals surface area contributed by atoms with Crippen molar-refractivity contribution in [1.82, 2.24) is 10.6 Å². The lowest BCUT2D eigenvalue weighted by atomic mass is 10.1. The summed E-state index contributed by atoms with van der Waals surface area (Å²) in [7, 11) is 1.85. The van der Waals surface area contributed by atoms with Crippen LogP contribution in [-0.2, 0) is 11.2 Å². The van der Waals surface area contributed by atoms with Crippen LogP contribution in [0.15, 0.2) is 16.8 Å². The molecule has 4 heteroatoms. The van der Waals surface area contributed by atoms with E-state index < -0.39 is 0 Å². The Balaban J connectivity index is 2.23. The molecule has 1 aromatic rings. The molecule has 1 amide bonds. The fourth-order valence-corrected chi connectivity index (χ4v) is 2.08. The third kappa shape index (κ3) is 4.95. The van der Waals surface area contributed by atoms with Crippen LogP contribution in [0.1, 0.15) is 18.9 Å². The maximum Gasteiger partial charge on any atom is 0.221 e. The fraction of sp³-hybridized carbons (Fsp3) is 0.545. The van der Waals surface area contributed by atoms with Crippen LogP contribution in [0, 0.1) is 0 Å². The minimum Gasteiger partial charge on any atom is -0.353 e. The normalized spacial score (nSPS) is 12.4. The van der Waals surface area contributed by atoms with Crippen molar-refractivity contribution in [3.05, 3.63) is 22.4 Å². The summed E-state index contributed by atoms with van der Waals surface area (Å²) in [4.78, 5) is 11.4. The molecular formula is C11H18N2OS. The number of carbonyl (C=O) groups excluding carboxylic acids is 1. The molecule has 0 aliphatic carbocycles. The molecule has 0 spiro atoms. The highest BCUT2D eigenvalue weighted by atomic mass is 32.1. The lowest BCUT2D eigenvalue weighted by molar-refractivity contribution is -0.121. The van der Waals surface area contributed by atoms with Crippen LogP contribution >= 0.6 is 11.3 Å². The van der Waals surface area contributed by atoms with Gasteiger partial charge in [0.1, 0.15) is 0 Å². The van der Waals surface area contributed by atoms with E-state index in [-0.39, 0.29) is 11.9 Å². The second-order valence-electron chi connectivity index (χ2n) is 3.66. The van der Waals surface area contributed by atoms with Crippen molar-refractivity contribution in [3.63, 3.8) is 0 Å². The van der Waals surface area contributed by atoms with Crippen LogP contribution in [0.4, 0.5) is 0 Å². The molecule has 0 aliphatic rings. The number of carbonyl (C=O) groups is 1. The zero-order valence-electron chi connectivity index (χ0n) is 9.25. The van der Waals surface area contributed by atoms with Gasteiger partial charge in [-0.2, -0.15) is 11.3 Å². The molecule has 0 aliphatic heterocycles. The summed E-state index contributed by atoms with van der Waals surface area (Å²) in [5.74, 6) is 0.118. The van der Waals surface area contributed by atoms with Gasteiger partial charge in [0.15, 0.2) is 0 Å². The number of hydrogen-bond acceptors (Lipinski definition) is 3. The lowest BCUT2D eigenvalue weighted by Crippen LogP contribution is -2.35. The van der Waals surface area contributed by atoms with Crippen molar-refractivity contribution in [2.45, 2.75) is 25.8 Å². The highest BCUT2D eigenvalue weighted by Gasteiger charge is 2.07. The van der Waals surface area contributed by atoms with E-state index in [0.717, 1.165) is 13.0 Å². The maximum atomic E-state index is 11.4. The van der Waals surface area contributed by atoms with Gasteiger partial charge < -0.3 is 10.6 Å². The van der Waals surface area contributed by atoms with Gasteiger partial charge in [-0.1, -0.05) is 0 Å². The second kappa shape index (κ2) is 6.58. The zero-order valence-corrected chi connectivity index (χ0v) is 10.1. The second-order valence-corrected chi connectivity index (χ2v) is 4.44. The van der Waals surface area contributed by atoms with E-state index in [2.05, 4.69) is 27.5 Å². The molecule has 1 rings (SSSR count). The summed E-state index contributed by atoms with van der Waals surface area (Å²) in [5, 5.41) is 10.1. The van der Waals surface area contributed by atoms with E-state index >= 15 is 0 Å². The molecule has 15 heavy (non-hydrogen) atoms.